The van der Waals surface area contributed by atoms with Gasteiger partial charge < -0.3 is 4.74 Å². The third-order valence-electron chi connectivity index (χ3n) is 1.86. The van der Waals surface area contributed by atoms with Gasteiger partial charge in [-0.05, 0) is 0 Å². The minimum absolute atomic E-state index is 0.167. The summed E-state index contributed by atoms with van der Waals surface area (Å²) in [5.74, 6) is -0.00305. The van der Waals surface area contributed by atoms with Crippen molar-refractivity contribution in [1.29, 1.82) is 0 Å². The van der Waals surface area contributed by atoms with Crippen LogP contribution in [0.25, 0.3) is 0 Å². The lowest BCUT2D eigenvalue weighted by Gasteiger charge is -2.23. The lowest BCUT2D eigenvalue weighted by Crippen LogP contribution is -2.34. The summed E-state index contributed by atoms with van der Waals surface area (Å²) < 4.78 is 6.10. The van der Waals surface area contributed by atoms with E-state index in [1.54, 1.807) is 0 Å². The van der Waals surface area contributed by atoms with Gasteiger partial charge in [-0.15, -0.1) is 0 Å². The van der Waals surface area contributed by atoms with E-state index in [4.69, 9.17) is 21.4 Å². The molecule has 0 atom stereocenters. The van der Waals surface area contributed by atoms with Gasteiger partial charge in [0.05, 0.1) is 14.2 Å². The fraction of sp³-hybridized carbons (Fsp3) is 0.500. The molecule has 0 aromatic rings. The maximum absolute atomic E-state index is 11.7. The molecule has 1 aliphatic heterocycles. The Labute approximate surface area is 92.8 Å². The lowest BCUT2D eigenvalue weighted by molar-refractivity contribution is -0.165. The molecule has 0 saturated heterocycles. The highest BCUT2D eigenvalue weighted by Gasteiger charge is 2.23. The summed E-state index contributed by atoms with van der Waals surface area (Å²) in [5.41, 5.74) is 0.257. The molecule has 7 heteroatoms. The molecule has 0 saturated carbocycles. The van der Waals surface area contributed by atoms with Crippen molar-refractivity contribution in [2.45, 2.75) is 0 Å². The van der Waals surface area contributed by atoms with Crippen LogP contribution in [0.1, 0.15) is 0 Å². The van der Waals surface area contributed by atoms with Crippen molar-refractivity contribution in [1.82, 2.24) is 9.48 Å². The van der Waals surface area contributed by atoms with Crippen LogP contribution in [-0.2, 0) is 14.4 Å². The molecule has 1 rings (SSSR count). The lowest BCUT2D eigenvalue weighted by atomic mass is 10.3. The molecule has 1 heterocycles. The van der Waals surface area contributed by atoms with Gasteiger partial charge in [-0.2, -0.15) is 0 Å². The molecular formula is C8H12ClN3O3. The molecule has 0 radical (unpaired) electrons. The number of carbonyl (C=O) groups is 1. The van der Waals surface area contributed by atoms with Gasteiger partial charge >= 0.3 is 0 Å². The fourth-order valence-electron chi connectivity index (χ4n) is 0.974. The van der Waals surface area contributed by atoms with E-state index in [-0.39, 0.29) is 18.3 Å². The Balaban J connectivity index is 2.87. The average Bonchev–Trinajstić information content (AvgIpc) is 2.27. The Kier molecular flexibility index (Phi) is 3.93. The van der Waals surface area contributed by atoms with E-state index < -0.39 is 0 Å². The van der Waals surface area contributed by atoms with Gasteiger partial charge in [0.25, 0.3) is 5.91 Å². The van der Waals surface area contributed by atoms with E-state index in [2.05, 4.69) is 4.99 Å². The Bertz CT molecular complexity index is 316. The molecule has 0 aromatic carbocycles. The summed E-state index contributed by atoms with van der Waals surface area (Å²) in [5, 5.41) is 1.07. The topological polar surface area (TPSA) is 54.4 Å². The highest BCUT2D eigenvalue weighted by Crippen LogP contribution is 2.15. The third kappa shape index (κ3) is 2.60. The van der Waals surface area contributed by atoms with E-state index in [0.29, 0.717) is 5.90 Å². The van der Waals surface area contributed by atoms with Gasteiger partial charge in [0.15, 0.2) is 0 Å². The second-order valence-corrected chi connectivity index (χ2v) is 3.13. The van der Waals surface area contributed by atoms with E-state index in [9.17, 15) is 4.79 Å². The van der Waals surface area contributed by atoms with E-state index in [1.165, 1.54) is 31.8 Å². The van der Waals surface area contributed by atoms with Gasteiger partial charge in [-0.1, -0.05) is 0 Å². The first kappa shape index (κ1) is 11.8. The first-order valence-corrected chi connectivity index (χ1v) is 4.49. The van der Waals surface area contributed by atoms with Crippen molar-refractivity contribution in [3.63, 3.8) is 0 Å². The zero-order valence-corrected chi connectivity index (χ0v) is 9.48. The summed E-state index contributed by atoms with van der Waals surface area (Å²) >= 11 is 5.80. The number of nitrogens with zero attached hydrogens (tertiary/aromatic N) is 3. The van der Waals surface area contributed by atoms with Gasteiger partial charge in [0.1, 0.15) is 12.4 Å². The van der Waals surface area contributed by atoms with Gasteiger partial charge in [-0.3, -0.25) is 14.1 Å². The van der Waals surface area contributed by atoms with Crippen LogP contribution in [0.2, 0.25) is 0 Å². The molecule has 0 unspecified atom stereocenters. The highest BCUT2D eigenvalue weighted by atomic mass is 35.5. The molecule has 0 N–H and O–H groups in total. The van der Waals surface area contributed by atoms with Gasteiger partial charge in [0, 0.05) is 24.9 Å². The number of hydrogen-bond donors (Lipinski definition) is 0. The molecule has 84 valence electrons. The predicted octanol–water partition coefficient (Wildman–Crippen LogP) is 0.362. The fourth-order valence-corrected chi connectivity index (χ4v) is 1.15. The first-order valence-electron chi connectivity index (χ1n) is 4.15. The third-order valence-corrected chi connectivity index (χ3v) is 2.15. The molecule has 0 spiro atoms. The number of hydrogen-bond acceptors (Lipinski definition) is 5. The van der Waals surface area contributed by atoms with Crippen LogP contribution >= 0.6 is 11.8 Å². The summed E-state index contributed by atoms with van der Waals surface area (Å²) in [6, 6.07) is 0. The van der Waals surface area contributed by atoms with Crippen molar-refractivity contribution >= 4 is 23.6 Å². The molecular weight excluding hydrogens is 222 g/mol. The Morgan fingerprint density at radius 3 is 2.87 bits per heavy atom. The minimum atomic E-state index is -0.364. The first-order chi connectivity index (χ1) is 7.10. The Morgan fingerprint density at radius 2 is 2.33 bits per heavy atom. The number of halogens is 1. The quantitative estimate of drug-likeness (QED) is 0.511. The smallest absolute Gasteiger partial charge is 0.294 e. The maximum Gasteiger partial charge on any atom is 0.294 e. The van der Waals surface area contributed by atoms with Crippen molar-refractivity contribution in [2.24, 2.45) is 4.99 Å². The normalized spacial score (nSPS) is 15.6. The standard InChI is InChI=1S/C8H12ClN3O3/c1-11(15-3)8(13)6-4-7(14-2)10-5-12(6)9/h4H,5H2,1-3H3. The number of ether oxygens (including phenoxy) is 1. The number of amides is 1. The average molecular weight is 234 g/mol. The SMILES string of the molecule is COC1=NCN(Cl)C(C(=O)N(C)OC)=C1. The van der Waals surface area contributed by atoms with Crippen LogP contribution in [0.4, 0.5) is 0 Å². The predicted molar refractivity (Wildman–Crippen MR) is 54.9 cm³/mol. The zero-order valence-electron chi connectivity index (χ0n) is 8.73. The molecule has 1 aliphatic rings. The molecule has 0 aromatic heterocycles. The van der Waals surface area contributed by atoms with Crippen molar-refractivity contribution < 1.29 is 14.4 Å². The Morgan fingerprint density at radius 1 is 1.67 bits per heavy atom. The summed E-state index contributed by atoms with van der Waals surface area (Å²) in [6.07, 6.45) is 1.45. The molecule has 0 bridgehead atoms. The van der Waals surface area contributed by atoms with E-state index in [0.717, 1.165) is 5.06 Å². The molecule has 0 aliphatic carbocycles. The number of likely N-dealkylation sites (N-methyl/N-ethyl adjacent to an activating group) is 1. The van der Waals surface area contributed by atoms with Gasteiger partial charge in [0.2, 0.25) is 5.90 Å². The number of aliphatic imine (C=N–C) groups is 1. The highest BCUT2D eigenvalue weighted by molar-refractivity contribution is 6.18. The van der Waals surface area contributed by atoms with Crippen molar-refractivity contribution in [3.8, 4) is 0 Å². The molecule has 15 heavy (non-hydrogen) atoms. The zero-order chi connectivity index (χ0) is 11.4. The van der Waals surface area contributed by atoms with E-state index >= 15 is 0 Å². The van der Waals surface area contributed by atoms with Crippen LogP contribution in [0.5, 0.6) is 0 Å². The van der Waals surface area contributed by atoms with E-state index in [1.807, 2.05) is 0 Å². The second kappa shape index (κ2) is 4.99. The summed E-state index contributed by atoms with van der Waals surface area (Å²) in [7, 11) is 4.36. The largest absolute Gasteiger partial charge is 0.481 e. The summed E-state index contributed by atoms with van der Waals surface area (Å²) in [6.45, 7) is 0.167. The monoisotopic (exact) mass is 233 g/mol. The number of carbonyl (C=O) groups excluding carboxylic acids is 1. The van der Waals surface area contributed by atoms with Crippen LogP contribution in [-0.4, -0.2) is 49.2 Å². The van der Waals surface area contributed by atoms with Crippen LogP contribution in [0.3, 0.4) is 0 Å². The molecule has 6 nitrogen and oxygen atoms in total. The number of methoxy groups -OCH3 is 1. The number of hydroxylamine groups is 2. The van der Waals surface area contributed by atoms with Gasteiger partial charge in [-0.25, -0.2) is 10.1 Å². The molecule has 0 fully saturated rings. The maximum atomic E-state index is 11.7. The van der Waals surface area contributed by atoms with Crippen molar-refractivity contribution in [3.05, 3.63) is 11.8 Å². The number of rotatable bonds is 2. The summed E-state index contributed by atoms with van der Waals surface area (Å²) in [4.78, 5) is 20.4. The second-order valence-electron chi connectivity index (χ2n) is 2.72. The van der Waals surface area contributed by atoms with Crippen LogP contribution < -0.4 is 0 Å². The van der Waals surface area contributed by atoms with Crippen LogP contribution in [0.15, 0.2) is 16.8 Å². The minimum Gasteiger partial charge on any atom is -0.481 e. The van der Waals surface area contributed by atoms with Crippen molar-refractivity contribution in [2.75, 3.05) is 27.9 Å². The Hall–Kier alpha value is -1.27. The molecule has 1 amide bonds. The van der Waals surface area contributed by atoms with Crippen LogP contribution in [0, 0.1) is 0 Å².